The van der Waals surface area contributed by atoms with Gasteiger partial charge >= 0.3 is 6.18 Å². The second-order valence-electron chi connectivity index (χ2n) is 5.39. The molecule has 6 heteroatoms. The summed E-state index contributed by atoms with van der Waals surface area (Å²) in [7, 11) is 2.03. The van der Waals surface area contributed by atoms with Gasteiger partial charge in [0.05, 0.1) is 11.3 Å². The minimum Gasteiger partial charge on any atom is -0.380 e. The van der Waals surface area contributed by atoms with E-state index < -0.39 is 17.6 Å². The number of halogens is 4. The smallest absolute Gasteiger partial charge is 0.380 e. The molecule has 0 radical (unpaired) electrons. The Labute approximate surface area is 115 Å². The number of nitrogens with zero attached hydrogens (tertiary/aromatic N) is 1. The van der Waals surface area contributed by atoms with Crippen LogP contribution in [0.5, 0.6) is 0 Å². The highest BCUT2D eigenvalue weighted by Gasteiger charge is 2.31. The van der Waals surface area contributed by atoms with E-state index in [2.05, 4.69) is 17.1 Å². The molecule has 20 heavy (non-hydrogen) atoms. The van der Waals surface area contributed by atoms with Crippen LogP contribution in [-0.4, -0.2) is 30.6 Å². The highest BCUT2D eigenvalue weighted by atomic mass is 19.4. The molecule has 2 atom stereocenters. The minimum atomic E-state index is -4.51. The van der Waals surface area contributed by atoms with E-state index in [-0.39, 0.29) is 11.7 Å². The van der Waals surface area contributed by atoms with Crippen LogP contribution in [0.3, 0.4) is 0 Å². The molecule has 0 amide bonds. The van der Waals surface area contributed by atoms with Gasteiger partial charge in [-0.25, -0.2) is 4.39 Å². The van der Waals surface area contributed by atoms with Crippen LogP contribution in [0.15, 0.2) is 18.2 Å². The summed E-state index contributed by atoms with van der Waals surface area (Å²) in [5.74, 6) is -0.855. The van der Waals surface area contributed by atoms with Crippen molar-refractivity contribution in [2.45, 2.75) is 38.0 Å². The highest BCUT2D eigenvalue weighted by Crippen LogP contribution is 2.32. The summed E-state index contributed by atoms with van der Waals surface area (Å²) in [5, 5.41) is 3.01. The summed E-state index contributed by atoms with van der Waals surface area (Å²) in [6.45, 7) is 2.97. The van der Waals surface area contributed by atoms with Gasteiger partial charge in [0.2, 0.25) is 0 Å². The van der Waals surface area contributed by atoms with E-state index in [1.54, 1.807) is 0 Å². The Kier molecular flexibility index (Phi) is 4.22. The molecule has 1 aromatic rings. The maximum Gasteiger partial charge on any atom is 0.416 e. The van der Waals surface area contributed by atoms with E-state index in [0.29, 0.717) is 12.1 Å². The van der Waals surface area contributed by atoms with Gasteiger partial charge in [0, 0.05) is 18.6 Å². The fourth-order valence-corrected chi connectivity index (χ4v) is 2.45. The molecular weight excluding hydrogens is 272 g/mol. The molecule has 0 aromatic heterocycles. The molecule has 2 unspecified atom stereocenters. The molecule has 1 saturated heterocycles. The first-order valence-electron chi connectivity index (χ1n) is 6.61. The molecule has 0 aliphatic carbocycles. The van der Waals surface area contributed by atoms with Crippen LogP contribution in [0.2, 0.25) is 0 Å². The third-order valence-electron chi connectivity index (χ3n) is 3.86. The molecule has 1 N–H and O–H groups in total. The van der Waals surface area contributed by atoms with E-state index in [4.69, 9.17) is 0 Å². The van der Waals surface area contributed by atoms with E-state index in [9.17, 15) is 17.6 Å². The quantitative estimate of drug-likeness (QED) is 0.835. The number of hydrogen-bond donors (Lipinski definition) is 1. The third kappa shape index (κ3) is 3.42. The fraction of sp³-hybridized carbons (Fsp3) is 0.571. The molecule has 2 nitrogen and oxygen atoms in total. The van der Waals surface area contributed by atoms with E-state index in [0.717, 1.165) is 25.5 Å². The number of rotatable bonds is 2. The number of benzene rings is 1. The first kappa shape index (κ1) is 15.1. The average Bonchev–Trinajstić information content (AvgIpc) is 2.35. The number of hydrogen-bond acceptors (Lipinski definition) is 2. The molecule has 1 aliphatic rings. The van der Waals surface area contributed by atoms with Gasteiger partial charge < -0.3 is 10.2 Å². The maximum atomic E-state index is 13.7. The maximum absolute atomic E-state index is 13.7. The summed E-state index contributed by atoms with van der Waals surface area (Å²) in [5.41, 5.74) is -0.822. The molecule has 1 heterocycles. The predicted octanol–water partition coefficient (Wildman–Crippen LogP) is 3.74. The summed E-state index contributed by atoms with van der Waals surface area (Å²) in [4.78, 5) is 2.21. The van der Waals surface area contributed by atoms with Gasteiger partial charge in [-0.1, -0.05) is 0 Å². The van der Waals surface area contributed by atoms with Crippen LogP contribution in [0.1, 0.15) is 25.3 Å². The normalized spacial score (nSPS) is 24.7. The van der Waals surface area contributed by atoms with Crippen molar-refractivity contribution in [1.82, 2.24) is 4.90 Å². The summed E-state index contributed by atoms with van der Waals surface area (Å²) in [6, 6.07) is 3.08. The van der Waals surface area contributed by atoms with Gasteiger partial charge in [0.25, 0.3) is 0 Å². The fourth-order valence-electron chi connectivity index (χ4n) is 2.45. The summed E-state index contributed by atoms with van der Waals surface area (Å²) < 4.78 is 51.1. The van der Waals surface area contributed by atoms with Crippen molar-refractivity contribution < 1.29 is 17.6 Å². The molecule has 1 fully saturated rings. The van der Waals surface area contributed by atoms with Gasteiger partial charge in [-0.2, -0.15) is 13.2 Å². The van der Waals surface area contributed by atoms with Crippen LogP contribution in [0.4, 0.5) is 23.2 Å². The lowest BCUT2D eigenvalue weighted by molar-refractivity contribution is -0.137. The SMILES string of the molecule is CC1CC(Nc2ccc(C(F)(F)F)cc2F)CCN1C. The molecule has 0 saturated carbocycles. The monoisotopic (exact) mass is 290 g/mol. The van der Waals surface area contributed by atoms with E-state index >= 15 is 0 Å². The lowest BCUT2D eigenvalue weighted by Gasteiger charge is -2.35. The topological polar surface area (TPSA) is 15.3 Å². The van der Waals surface area contributed by atoms with Crippen LogP contribution in [0, 0.1) is 5.82 Å². The van der Waals surface area contributed by atoms with Crippen molar-refractivity contribution in [2.24, 2.45) is 0 Å². The second kappa shape index (κ2) is 5.60. The zero-order valence-electron chi connectivity index (χ0n) is 11.5. The Balaban J connectivity index is 2.07. The van der Waals surface area contributed by atoms with Gasteiger partial charge in [-0.3, -0.25) is 0 Å². The van der Waals surface area contributed by atoms with Crippen molar-refractivity contribution in [3.8, 4) is 0 Å². The molecule has 2 rings (SSSR count). The van der Waals surface area contributed by atoms with Crippen LogP contribution in [0.25, 0.3) is 0 Å². The van der Waals surface area contributed by atoms with Crippen molar-refractivity contribution in [2.75, 3.05) is 18.9 Å². The molecule has 1 aliphatic heterocycles. The van der Waals surface area contributed by atoms with Crippen LogP contribution in [-0.2, 0) is 6.18 Å². The Hall–Kier alpha value is -1.30. The minimum absolute atomic E-state index is 0.0902. The zero-order valence-corrected chi connectivity index (χ0v) is 11.5. The van der Waals surface area contributed by atoms with Gasteiger partial charge in [-0.15, -0.1) is 0 Å². The molecule has 1 aromatic carbocycles. The average molecular weight is 290 g/mol. The Bertz CT molecular complexity index is 473. The number of nitrogens with one attached hydrogen (secondary N) is 1. The predicted molar refractivity (Wildman–Crippen MR) is 70.1 cm³/mol. The van der Waals surface area contributed by atoms with Crippen molar-refractivity contribution in [3.63, 3.8) is 0 Å². The van der Waals surface area contributed by atoms with Gasteiger partial charge in [0.15, 0.2) is 0 Å². The van der Waals surface area contributed by atoms with Crippen LogP contribution < -0.4 is 5.32 Å². The Morgan fingerprint density at radius 1 is 1.30 bits per heavy atom. The first-order valence-corrected chi connectivity index (χ1v) is 6.61. The molecular formula is C14H18F4N2. The standard InChI is InChI=1S/C14H18F4N2/c1-9-7-11(5-6-20(9)2)19-13-4-3-10(8-12(13)15)14(16,17)18/h3-4,8-9,11,19H,5-7H2,1-2H3. The molecule has 0 spiro atoms. The number of anilines is 1. The number of alkyl halides is 3. The van der Waals surface area contributed by atoms with Gasteiger partial charge in [0.1, 0.15) is 5.82 Å². The number of likely N-dealkylation sites (tertiary alicyclic amines) is 1. The van der Waals surface area contributed by atoms with Crippen molar-refractivity contribution in [1.29, 1.82) is 0 Å². The summed E-state index contributed by atoms with van der Waals surface area (Å²) in [6.07, 6.45) is -2.82. The Morgan fingerprint density at radius 2 is 2.00 bits per heavy atom. The highest BCUT2D eigenvalue weighted by molar-refractivity contribution is 5.47. The summed E-state index contributed by atoms with van der Waals surface area (Å²) >= 11 is 0. The lowest BCUT2D eigenvalue weighted by Crippen LogP contribution is -2.42. The first-order chi connectivity index (χ1) is 9.27. The van der Waals surface area contributed by atoms with E-state index in [1.165, 1.54) is 6.07 Å². The third-order valence-corrected chi connectivity index (χ3v) is 3.86. The zero-order chi connectivity index (χ0) is 14.9. The van der Waals surface area contributed by atoms with Crippen LogP contribution >= 0.6 is 0 Å². The van der Waals surface area contributed by atoms with Gasteiger partial charge in [-0.05, 0) is 45.0 Å². The lowest BCUT2D eigenvalue weighted by atomic mass is 9.98. The molecule has 0 bridgehead atoms. The van der Waals surface area contributed by atoms with E-state index in [1.807, 2.05) is 7.05 Å². The largest absolute Gasteiger partial charge is 0.416 e. The van der Waals surface area contributed by atoms with Crippen molar-refractivity contribution in [3.05, 3.63) is 29.6 Å². The second-order valence-corrected chi connectivity index (χ2v) is 5.39. The number of piperidine rings is 1. The van der Waals surface area contributed by atoms with Crippen molar-refractivity contribution >= 4 is 5.69 Å². The molecule has 112 valence electrons. The Morgan fingerprint density at radius 3 is 2.55 bits per heavy atom.